The highest BCUT2D eigenvalue weighted by Gasteiger charge is 2.31. The Morgan fingerprint density at radius 2 is 1.93 bits per heavy atom. The molecule has 0 bridgehead atoms. The van der Waals surface area contributed by atoms with E-state index >= 15 is 0 Å². The minimum atomic E-state index is -3.75. The predicted octanol–water partition coefficient (Wildman–Crippen LogP) is 3.20. The first kappa shape index (κ1) is 20.0. The second-order valence-electron chi connectivity index (χ2n) is 7.09. The molecule has 8 heteroatoms. The number of rotatable bonds is 5. The molecule has 0 spiro atoms. The molecule has 7 nitrogen and oxygen atoms in total. The monoisotopic (exact) mass is 401 g/mol. The number of aromatic nitrogens is 1. The van der Waals surface area contributed by atoms with E-state index in [-0.39, 0.29) is 29.5 Å². The van der Waals surface area contributed by atoms with Crippen LogP contribution in [0.5, 0.6) is 0 Å². The van der Waals surface area contributed by atoms with Gasteiger partial charge in [0, 0.05) is 30.3 Å². The fraction of sp³-hybridized carbons (Fsp3) is 0.350. The Kier molecular flexibility index (Phi) is 5.79. The van der Waals surface area contributed by atoms with Crippen molar-refractivity contribution in [1.82, 2.24) is 4.98 Å². The number of ketones is 1. The molecule has 0 aliphatic heterocycles. The van der Waals surface area contributed by atoms with Gasteiger partial charge in [-0.2, -0.15) is 0 Å². The Morgan fingerprint density at radius 3 is 2.64 bits per heavy atom. The van der Waals surface area contributed by atoms with Gasteiger partial charge in [0.05, 0.1) is 5.25 Å². The molecule has 0 saturated heterocycles. The number of nitrogens with zero attached hydrogens (tertiary/aromatic N) is 1. The van der Waals surface area contributed by atoms with Crippen LogP contribution >= 0.6 is 0 Å². The maximum Gasteiger partial charge on any atom is 0.255 e. The Labute approximate surface area is 164 Å². The van der Waals surface area contributed by atoms with Crippen LogP contribution in [-0.4, -0.2) is 30.3 Å². The lowest BCUT2D eigenvalue weighted by Crippen LogP contribution is -2.33. The molecule has 1 saturated carbocycles. The van der Waals surface area contributed by atoms with Crippen LogP contribution in [0, 0.1) is 13.8 Å². The molecular weight excluding hydrogens is 378 g/mol. The number of aryl methyl sites for hydroxylation is 2. The molecule has 2 aromatic rings. The predicted molar refractivity (Wildman–Crippen MR) is 108 cm³/mol. The smallest absolute Gasteiger partial charge is 0.255 e. The van der Waals surface area contributed by atoms with Gasteiger partial charge in [-0.3, -0.25) is 14.3 Å². The molecule has 1 atom stereocenters. The molecule has 0 radical (unpaired) electrons. The highest BCUT2D eigenvalue weighted by atomic mass is 32.2. The first-order valence-electron chi connectivity index (χ1n) is 9.12. The molecule has 1 aliphatic carbocycles. The number of pyridine rings is 1. The van der Waals surface area contributed by atoms with Crippen LogP contribution in [0.2, 0.25) is 0 Å². The number of carbonyl (C=O) groups is 2. The lowest BCUT2D eigenvalue weighted by atomic mass is 9.99. The number of hydrogen-bond donors (Lipinski definition) is 2. The molecule has 1 amide bonds. The van der Waals surface area contributed by atoms with Crippen LogP contribution in [0.4, 0.5) is 11.5 Å². The van der Waals surface area contributed by atoms with E-state index < -0.39 is 15.3 Å². The van der Waals surface area contributed by atoms with Crippen LogP contribution in [0.1, 0.15) is 47.2 Å². The summed E-state index contributed by atoms with van der Waals surface area (Å²) < 4.78 is 27.5. The van der Waals surface area contributed by atoms with Crippen molar-refractivity contribution in [3.63, 3.8) is 0 Å². The number of Topliss-reactive ketones (excluding diaryl/α,β-unsaturated/α-hetero) is 1. The van der Waals surface area contributed by atoms with Gasteiger partial charge < -0.3 is 5.32 Å². The van der Waals surface area contributed by atoms with E-state index in [0.29, 0.717) is 24.9 Å². The minimum absolute atomic E-state index is 0.0162. The topological polar surface area (TPSA) is 105 Å². The van der Waals surface area contributed by atoms with E-state index in [0.717, 1.165) is 11.1 Å². The van der Waals surface area contributed by atoms with Crippen molar-refractivity contribution in [2.75, 3.05) is 10.0 Å². The molecule has 28 heavy (non-hydrogen) atoms. The Hall–Kier alpha value is -2.74. The standard InChI is InChI=1S/C20H23N3O4S/c1-13-6-7-16(10-14(13)2)22-20(25)15-8-9-21-19(11-15)23-28(26,27)18-5-3-4-17(24)12-18/h6-11,18H,3-5,12H2,1-2H3,(H,21,23)(H,22,25). The van der Waals surface area contributed by atoms with E-state index in [1.165, 1.54) is 18.3 Å². The summed E-state index contributed by atoms with van der Waals surface area (Å²) in [5.41, 5.74) is 3.13. The van der Waals surface area contributed by atoms with Crippen molar-refractivity contribution in [1.29, 1.82) is 0 Å². The normalized spacial score (nSPS) is 17.2. The van der Waals surface area contributed by atoms with Crippen molar-refractivity contribution in [2.45, 2.75) is 44.8 Å². The van der Waals surface area contributed by atoms with Gasteiger partial charge in [0.15, 0.2) is 0 Å². The van der Waals surface area contributed by atoms with E-state index in [4.69, 9.17) is 0 Å². The maximum atomic E-state index is 12.5. The average molecular weight is 401 g/mol. The summed E-state index contributed by atoms with van der Waals surface area (Å²) in [5.74, 6) is -0.346. The van der Waals surface area contributed by atoms with Gasteiger partial charge in [0.2, 0.25) is 10.0 Å². The lowest BCUT2D eigenvalue weighted by molar-refractivity contribution is -0.120. The zero-order chi connectivity index (χ0) is 20.3. The molecule has 3 rings (SSSR count). The molecule has 1 unspecified atom stereocenters. The highest BCUT2D eigenvalue weighted by Crippen LogP contribution is 2.23. The van der Waals surface area contributed by atoms with E-state index in [2.05, 4.69) is 15.0 Å². The highest BCUT2D eigenvalue weighted by molar-refractivity contribution is 7.93. The zero-order valence-corrected chi connectivity index (χ0v) is 16.7. The number of sulfonamides is 1. The molecule has 1 fully saturated rings. The quantitative estimate of drug-likeness (QED) is 0.800. The zero-order valence-electron chi connectivity index (χ0n) is 15.9. The first-order chi connectivity index (χ1) is 13.2. The van der Waals surface area contributed by atoms with Crippen LogP contribution in [0.3, 0.4) is 0 Å². The van der Waals surface area contributed by atoms with Crippen LogP contribution in [0.15, 0.2) is 36.5 Å². The van der Waals surface area contributed by atoms with Gasteiger partial charge in [-0.25, -0.2) is 13.4 Å². The number of nitrogens with one attached hydrogen (secondary N) is 2. The average Bonchev–Trinajstić information content (AvgIpc) is 2.64. The lowest BCUT2D eigenvalue weighted by Gasteiger charge is -2.21. The second kappa shape index (κ2) is 8.10. The molecule has 1 aromatic heterocycles. The summed E-state index contributed by atoms with van der Waals surface area (Å²) in [6.07, 6.45) is 2.82. The number of benzene rings is 1. The summed E-state index contributed by atoms with van der Waals surface area (Å²) in [6.45, 7) is 3.95. The molecule has 2 N–H and O–H groups in total. The number of hydrogen-bond acceptors (Lipinski definition) is 5. The summed E-state index contributed by atoms with van der Waals surface area (Å²) in [7, 11) is -3.75. The largest absolute Gasteiger partial charge is 0.322 e. The van der Waals surface area contributed by atoms with Gasteiger partial charge in [-0.15, -0.1) is 0 Å². The number of anilines is 2. The summed E-state index contributed by atoms with van der Waals surface area (Å²) in [5, 5.41) is 2.04. The maximum absolute atomic E-state index is 12.5. The number of carbonyl (C=O) groups excluding carboxylic acids is 2. The fourth-order valence-electron chi connectivity index (χ4n) is 3.13. The third kappa shape index (κ3) is 4.75. The summed E-state index contributed by atoms with van der Waals surface area (Å²) >= 11 is 0. The number of amides is 1. The summed E-state index contributed by atoms with van der Waals surface area (Å²) in [6, 6.07) is 8.50. The van der Waals surface area contributed by atoms with Crippen LogP contribution in [-0.2, 0) is 14.8 Å². The van der Waals surface area contributed by atoms with E-state index in [1.807, 2.05) is 32.0 Å². The van der Waals surface area contributed by atoms with Gasteiger partial charge in [-0.05, 0) is 62.1 Å². The van der Waals surface area contributed by atoms with Crippen molar-refractivity contribution in [2.24, 2.45) is 0 Å². The van der Waals surface area contributed by atoms with Crippen LogP contribution in [0.25, 0.3) is 0 Å². The molecule has 1 heterocycles. The van der Waals surface area contributed by atoms with Crippen molar-refractivity contribution in [3.05, 3.63) is 53.2 Å². The Bertz CT molecular complexity index is 1020. The second-order valence-corrected chi connectivity index (χ2v) is 9.05. The van der Waals surface area contributed by atoms with Gasteiger partial charge in [-0.1, -0.05) is 6.07 Å². The van der Waals surface area contributed by atoms with Crippen molar-refractivity contribution >= 4 is 33.2 Å². The van der Waals surface area contributed by atoms with Gasteiger partial charge in [0.25, 0.3) is 5.91 Å². The van der Waals surface area contributed by atoms with Crippen molar-refractivity contribution < 1.29 is 18.0 Å². The fourth-order valence-corrected chi connectivity index (χ4v) is 4.58. The Balaban J connectivity index is 1.73. The summed E-state index contributed by atoms with van der Waals surface area (Å²) in [4.78, 5) is 28.1. The molecule has 1 aliphatic rings. The van der Waals surface area contributed by atoms with Crippen LogP contribution < -0.4 is 10.0 Å². The Morgan fingerprint density at radius 1 is 1.14 bits per heavy atom. The SMILES string of the molecule is Cc1ccc(NC(=O)c2ccnc(NS(=O)(=O)C3CCCC(=O)C3)c2)cc1C. The minimum Gasteiger partial charge on any atom is -0.322 e. The van der Waals surface area contributed by atoms with E-state index in [9.17, 15) is 18.0 Å². The van der Waals surface area contributed by atoms with Crippen molar-refractivity contribution in [3.8, 4) is 0 Å². The molecular formula is C20H23N3O4S. The molecule has 1 aromatic carbocycles. The first-order valence-corrected chi connectivity index (χ1v) is 10.7. The van der Waals surface area contributed by atoms with E-state index in [1.54, 1.807) is 0 Å². The van der Waals surface area contributed by atoms with Gasteiger partial charge in [0.1, 0.15) is 11.6 Å². The van der Waals surface area contributed by atoms with Gasteiger partial charge >= 0.3 is 0 Å². The third-order valence-corrected chi connectivity index (χ3v) is 6.68. The third-order valence-electron chi connectivity index (χ3n) is 4.91. The molecule has 148 valence electrons.